The summed E-state index contributed by atoms with van der Waals surface area (Å²) in [5, 5.41) is 4.79. The molecule has 0 N–H and O–H groups in total. The minimum atomic E-state index is -0.124. The Bertz CT molecular complexity index is 1290. The third-order valence-corrected chi connectivity index (χ3v) is 6.33. The van der Waals surface area contributed by atoms with E-state index in [0.29, 0.717) is 34.5 Å². The molecule has 8 heteroatoms. The number of nitrogens with zero attached hydrogens (tertiary/aromatic N) is 6. The van der Waals surface area contributed by atoms with E-state index in [2.05, 4.69) is 49.3 Å². The van der Waals surface area contributed by atoms with Crippen molar-refractivity contribution in [1.29, 1.82) is 0 Å². The van der Waals surface area contributed by atoms with Crippen molar-refractivity contribution in [1.82, 2.24) is 24.7 Å². The Kier molecular flexibility index (Phi) is 3.74. The monoisotopic (exact) mass is 400 g/mol. The van der Waals surface area contributed by atoms with Gasteiger partial charge in [-0.3, -0.25) is 14.3 Å². The molecular weight excluding hydrogens is 380 g/mol. The molecule has 0 amide bonds. The smallest absolute Gasteiger partial charge is 0.262 e. The van der Waals surface area contributed by atoms with Crippen LogP contribution in [0.1, 0.15) is 23.2 Å². The van der Waals surface area contributed by atoms with Gasteiger partial charge in [0.25, 0.3) is 5.56 Å². The van der Waals surface area contributed by atoms with Gasteiger partial charge in [-0.1, -0.05) is 23.4 Å². The summed E-state index contributed by atoms with van der Waals surface area (Å²) in [6.07, 6.45) is 4.79. The number of aryl methyl sites for hydroxylation is 1. The second-order valence-electron chi connectivity index (χ2n) is 8.17. The normalized spacial score (nSPS) is 22.4. The first-order valence-corrected chi connectivity index (χ1v) is 10.1. The number of fused-ring (bicyclic) bond motifs is 2. The molecule has 1 aromatic carbocycles. The van der Waals surface area contributed by atoms with Crippen molar-refractivity contribution in [2.45, 2.75) is 19.4 Å². The molecule has 1 saturated carbocycles. The van der Waals surface area contributed by atoms with Crippen LogP contribution in [0.15, 0.2) is 58.4 Å². The van der Waals surface area contributed by atoms with Gasteiger partial charge in [-0.05, 0) is 36.5 Å². The fourth-order valence-corrected chi connectivity index (χ4v) is 4.74. The fourth-order valence-electron chi connectivity index (χ4n) is 4.74. The molecule has 3 aromatic heterocycles. The molecule has 30 heavy (non-hydrogen) atoms. The molecule has 0 radical (unpaired) electrons. The van der Waals surface area contributed by atoms with Crippen molar-refractivity contribution in [3.63, 3.8) is 0 Å². The molecule has 150 valence electrons. The maximum absolute atomic E-state index is 12.8. The van der Waals surface area contributed by atoms with Crippen molar-refractivity contribution < 1.29 is 4.52 Å². The summed E-state index contributed by atoms with van der Waals surface area (Å²) in [6, 6.07) is 10.5. The van der Waals surface area contributed by atoms with Crippen LogP contribution in [0.4, 0.5) is 5.69 Å². The largest absolute Gasteiger partial charge is 0.371 e. The summed E-state index contributed by atoms with van der Waals surface area (Å²) in [5.74, 6) is 2.67. The predicted octanol–water partition coefficient (Wildman–Crippen LogP) is 2.38. The number of hydrogen-bond donors (Lipinski definition) is 0. The lowest BCUT2D eigenvalue weighted by molar-refractivity contribution is 0.363. The molecular formula is C22H20N6O2. The van der Waals surface area contributed by atoms with Crippen molar-refractivity contribution >= 4 is 16.6 Å². The number of benzene rings is 1. The highest BCUT2D eigenvalue weighted by atomic mass is 16.5. The van der Waals surface area contributed by atoms with Gasteiger partial charge in [-0.15, -0.1) is 0 Å². The average Bonchev–Trinajstić information content (AvgIpc) is 3.10. The molecule has 1 saturated heterocycles. The lowest BCUT2D eigenvalue weighted by atomic mass is 10.2. The Hall–Kier alpha value is -3.55. The third kappa shape index (κ3) is 2.71. The van der Waals surface area contributed by atoms with Crippen molar-refractivity contribution in [2.24, 2.45) is 11.8 Å². The average molecular weight is 400 g/mol. The van der Waals surface area contributed by atoms with Gasteiger partial charge in [0, 0.05) is 30.9 Å². The lowest BCUT2D eigenvalue weighted by Crippen LogP contribution is -2.23. The highest BCUT2D eigenvalue weighted by Gasteiger charge is 2.58. The van der Waals surface area contributed by atoms with Gasteiger partial charge in [0.1, 0.15) is 6.54 Å². The highest BCUT2D eigenvalue weighted by molar-refractivity contribution is 5.79. The molecule has 2 unspecified atom stereocenters. The number of piperidine rings is 1. The van der Waals surface area contributed by atoms with E-state index in [-0.39, 0.29) is 12.1 Å². The zero-order valence-electron chi connectivity index (χ0n) is 16.5. The molecule has 4 aromatic rings. The molecule has 6 rings (SSSR count). The standard InChI is InChI=1S/C22H20N6O2/c1-13-7-23-8-17-19(13)22(29)28(12-24-17)11-18-25-21(26-30-18)20-15-9-27(10-16(15)20)14-5-3-2-4-6-14/h2-8,12,15-16,20H,9-11H2,1H3. The molecule has 0 spiro atoms. The lowest BCUT2D eigenvalue weighted by Gasteiger charge is -2.21. The molecule has 2 aliphatic rings. The Balaban J connectivity index is 1.19. The second-order valence-corrected chi connectivity index (χ2v) is 8.17. The van der Waals surface area contributed by atoms with Gasteiger partial charge in [0.15, 0.2) is 5.82 Å². The van der Waals surface area contributed by atoms with Gasteiger partial charge >= 0.3 is 0 Å². The van der Waals surface area contributed by atoms with Crippen LogP contribution in [0.5, 0.6) is 0 Å². The minimum Gasteiger partial charge on any atom is -0.371 e. The van der Waals surface area contributed by atoms with Gasteiger partial charge in [-0.25, -0.2) is 4.98 Å². The zero-order chi connectivity index (χ0) is 20.2. The van der Waals surface area contributed by atoms with Crippen LogP contribution in [0, 0.1) is 18.8 Å². The van der Waals surface area contributed by atoms with Crippen molar-refractivity contribution in [3.05, 3.63) is 76.7 Å². The van der Waals surface area contributed by atoms with Gasteiger partial charge in [-0.2, -0.15) is 4.98 Å². The zero-order valence-corrected chi connectivity index (χ0v) is 16.5. The van der Waals surface area contributed by atoms with E-state index in [0.717, 1.165) is 24.5 Å². The van der Waals surface area contributed by atoms with Crippen LogP contribution in [0.3, 0.4) is 0 Å². The SMILES string of the molecule is Cc1cncc2ncn(Cc3nc(C4C5CN(c6ccccc6)CC54)no3)c(=O)c12. The van der Waals surface area contributed by atoms with Gasteiger partial charge in [0.2, 0.25) is 5.89 Å². The molecule has 1 aliphatic heterocycles. The van der Waals surface area contributed by atoms with Crippen LogP contribution < -0.4 is 10.5 Å². The summed E-state index contributed by atoms with van der Waals surface area (Å²) >= 11 is 0. The van der Waals surface area contributed by atoms with Crippen LogP contribution >= 0.6 is 0 Å². The highest BCUT2D eigenvalue weighted by Crippen LogP contribution is 2.57. The number of pyridine rings is 1. The number of hydrogen-bond acceptors (Lipinski definition) is 7. The molecule has 4 heterocycles. The van der Waals surface area contributed by atoms with Crippen molar-refractivity contribution in [3.8, 4) is 0 Å². The van der Waals surface area contributed by atoms with Crippen molar-refractivity contribution in [2.75, 3.05) is 18.0 Å². The van der Waals surface area contributed by atoms with Crippen LogP contribution in [-0.2, 0) is 6.54 Å². The van der Waals surface area contributed by atoms with E-state index < -0.39 is 0 Å². The predicted molar refractivity (Wildman–Crippen MR) is 110 cm³/mol. The van der Waals surface area contributed by atoms with Gasteiger partial charge in [0.05, 0.1) is 23.4 Å². The Labute approximate surface area is 172 Å². The first kappa shape index (κ1) is 17.3. The molecule has 1 aliphatic carbocycles. The van der Waals surface area contributed by atoms with E-state index in [1.165, 1.54) is 16.6 Å². The minimum absolute atomic E-state index is 0.124. The fraction of sp³-hybridized carbons (Fsp3) is 0.318. The van der Waals surface area contributed by atoms with E-state index in [1.807, 2.05) is 13.0 Å². The Morgan fingerprint density at radius 3 is 2.73 bits per heavy atom. The quantitative estimate of drug-likeness (QED) is 0.519. The number of anilines is 1. The number of aromatic nitrogens is 5. The molecule has 0 bridgehead atoms. The van der Waals surface area contributed by atoms with Crippen LogP contribution in [0.2, 0.25) is 0 Å². The summed E-state index contributed by atoms with van der Waals surface area (Å²) in [4.78, 5) is 28.3. The maximum Gasteiger partial charge on any atom is 0.262 e. The topological polar surface area (TPSA) is 89.9 Å². The van der Waals surface area contributed by atoms with Crippen LogP contribution in [-0.4, -0.2) is 37.8 Å². The van der Waals surface area contributed by atoms with E-state index >= 15 is 0 Å². The maximum atomic E-state index is 12.8. The first-order valence-electron chi connectivity index (χ1n) is 10.1. The summed E-state index contributed by atoms with van der Waals surface area (Å²) in [6.45, 7) is 4.11. The third-order valence-electron chi connectivity index (χ3n) is 6.33. The molecule has 2 atom stereocenters. The summed E-state index contributed by atoms with van der Waals surface area (Å²) in [5.41, 5.74) is 2.54. The summed E-state index contributed by atoms with van der Waals surface area (Å²) < 4.78 is 6.98. The van der Waals surface area contributed by atoms with E-state index in [9.17, 15) is 4.79 Å². The van der Waals surface area contributed by atoms with Gasteiger partial charge < -0.3 is 9.42 Å². The molecule has 2 fully saturated rings. The Morgan fingerprint density at radius 2 is 1.93 bits per heavy atom. The first-order chi connectivity index (χ1) is 14.7. The second kappa shape index (κ2) is 6.48. The Morgan fingerprint density at radius 1 is 1.13 bits per heavy atom. The van der Waals surface area contributed by atoms with E-state index in [1.54, 1.807) is 12.4 Å². The number of rotatable bonds is 4. The number of para-hydroxylation sites is 1. The van der Waals surface area contributed by atoms with Crippen LogP contribution in [0.25, 0.3) is 10.9 Å². The summed E-state index contributed by atoms with van der Waals surface area (Å²) in [7, 11) is 0. The van der Waals surface area contributed by atoms with E-state index in [4.69, 9.17) is 4.52 Å². The molecule has 8 nitrogen and oxygen atoms in total.